The SMILES string of the molecule is Fc1ccccc1-c1cccc(C(Cl)Cl)c1Br. The van der Waals surface area contributed by atoms with Gasteiger partial charge in [-0.1, -0.05) is 36.4 Å². The Bertz CT molecular complexity index is 541. The Labute approximate surface area is 117 Å². The van der Waals surface area contributed by atoms with Crippen LogP contribution >= 0.6 is 39.1 Å². The Morgan fingerprint density at radius 3 is 2.24 bits per heavy atom. The minimum Gasteiger partial charge on any atom is -0.206 e. The predicted molar refractivity (Wildman–Crippen MR) is 74.0 cm³/mol. The van der Waals surface area contributed by atoms with Crippen LogP contribution in [0.25, 0.3) is 11.1 Å². The molecule has 0 bridgehead atoms. The number of hydrogen-bond acceptors (Lipinski definition) is 0. The van der Waals surface area contributed by atoms with E-state index in [2.05, 4.69) is 15.9 Å². The molecule has 4 heteroatoms. The van der Waals surface area contributed by atoms with Crippen molar-refractivity contribution >= 4 is 39.1 Å². The molecule has 2 aromatic rings. The number of alkyl halides is 2. The molecular weight excluding hydrogens is 326 g/mol. The van der Waals surface area contributed by atoms with Crippen LogP contribution in [0.4, 0.5) is 4.39 Å². The lowest BCUT2D eigenvalue weighted by atomic mass is 10.0. The van der Waals surface area contributed by atoms with Crippen molar-refractivity contribution in [2.45, 2.75) is 4.84 Å². The maximum atomic E-state index is 13.7. The fourth-order valence-corrected chi connectivity index (χ4v) is 2.94. The van der Waals surface area contributed by atoms with E-state index in [1.807, 2.05) is 6.07 Å². The minimum absolute atomic E-state index is 0.272. The Balaban J connectivity index is 2.61. The van der Waals surface area contributed by atoms with E-state index in [4.69, 9.17) is 23.2 Å². The lowest BCUT2D eigenvalue weighted by Gasteiger charge is -2.11. The molecule has 0 saturated heterocycles. The van der Waals surface area contributed by atoms with Gasteiger partial charge < -0.3 is 0 Å². The van der Waals surface area contributed by atoms with E-state index in [9.17, 15) is 4.39 Å². The summed E-state index contributed by atoms with van der Waals surface area (Å²) in [7, 11) is 0. The molecule has 0 saturated carbocycles. The van der Waals surface area contributed by atoms with Crippen LogP contribution in [0.15, 0.2) is 46.9 Å². The van der Waals surface area contributed by atoms with Crippen molar-refractivity contribution in [3.8, 4) is 11.1 Å². The highest BCUT2D eigenvalue weighted by Crippen LogP contribution is 2.38. The van der Waals surface area contributed by atoms with E-state index in [1.54, 1.807) is 30.3 Å². The van der Waals surface area contributed by atoms with Crippen molar-refractivity contribution in [1.29, 1.82) is 0 Å². The zero-order valence-electron chi connectivity index (χ0n) is 8.63. The zero-order chi connectivity index (χ0) is 12.4. The summed E-state index contributed by atoms with van der Waals surface area (Å²) in [6.07, 6.45) is 0. The van der Waals surface area contributed by atoms with E-state index in [-0.39, 0.29) is 5.82 Å². The smallest absolute Gasteiger partial charge is 0.133 e. The van der Waals surface area contributed by atoms with E-state index in [1.165, 1.54) is 6.07 Å². The van der Waals surface area contributed by atoms with Gasteiger partial charge in [-0.2, -0.15) is 0 Å². The van der Waals surface area contributed by atoms with Crippen LogP contribution < -0.4 is 0 Å². The molecule has 0 aliphatic rings. The fourth-order valence-electron chi connectivity index (χ4n) is 1.61. The van der Waals surface area contributed by atoms with Crippen molar-refractivity contribution in [2.75, 3.05) is 0 Å². The van der Waals surface area contributed by atoms with Crippen molar-refractivity contribution in [3.63, 3.8) is 0 Å². The third-order valence-electron chi connectivity index (χ3n) is 2.43. The van der Waals surface area contributed by atoms with Crippen molar-refractivity contribution < 1.29 is 4.39 Å². The van der Waals surface area contributed by atoms with Crippen molar-refractivity contribution in [1.82, 2.24) is 0 Å². The Hall–Kier alpha value is -0.570. The van der Waals surface area contributed by atoms with Crippen LogP contribution in [0.3, 0.4) is 0 Å². The molecule has 0 aliphatic heterocycles. The second-order valence-corrected chi connectivity index (χ2v) is 5.38. The molecule has 0 aliphatic carbocycles. The molecular formula is C13H8BrCl2F. The summed E-state index contributed by atoms with van der Waals surface area (Å²) in [5.41, 5.74) is 2.00. The first-order valence-electron chi connectivity index (χ1n) is 4.92. The molecule has 0 radical (unpaired) electrons. The Morgan fingerprint density at radius 2 is 1.59 bits per heavy atom. The molecule has 0 heterocycles. The molecule has 0 unspecified atom stereocenters. The largest absolute Gasteiger partial charge is 0.206 e. The molecule has 0 spiro atoms. The second kappa shape index (κ2) is 5.38. The van der Waals surface area contributed by atoms with Gasteiger partial charge >= 0.3 is 0 Å². The van der Waals surface area contributed by atoms with Gasteiger partial charge in [0, 0.05) is 10.0 Å². The third-order valence-corrected chi connectivity index (χ3v) is 3.78. The van der Waals surface area contributed by atoms with Gasteiger partial charge in [0.25, 0.3) is 0 Å². The van der Waals surface area contributed by atoms with Gasteiger partial charge in [-0.15, -0.1) is 23.2 Å². The van der Waals surface area contributed by atoms with Gasteiger partial charge in [0.1, 0.15) is 10.7 Å². The van der Waals surface area contributed by atoms with Gasteiger partial charge in [-0.05, 0) is 33.1 Å². The van der Waals surface area contributed by atoms with Gasteiger partial charge in [0.05, 0.1) is 0 Å². The minimum atomic E-state index is -0.643. The summed E-state index contributed by atoms with van der Waals surface area (Å²) >= 11 is 15.1. The van der Waals surface area contributed by atoms with Gasteiger partial charge in [-0.3, -0.25) is 0 Å². The molecule has 0 nitrogen and oxygen atoms in total. The summed E-state index contributed by atoms with van der Waals surface area (Å²) in [6, 6.07) is 12.0. The van der Waals surface area contributed by atoms with E-state index >= 15 is 0 Å². The Kier molecular flexibility index (Phi) is 4.08. The standard InChI is InChI=1S/C13H8BrCl2F/c14-12-9(5-3-6-10(12)13(15)16)8-4-1-2-7-11(8)17/h1-7,13H. The fraction of sp³-hybridized carbons (Fsp3) is 0.0769. The first kappa shape index (κ1) is 12.9. The maximum Gasteiger partial charge on any atom is 0.133 e. The van der Waals surface area contributed by atoms with Gasteiger partial charge in [0.2, 0.25) is 0 Å². The van der Waals surface area contributed by atoms with Gasteiger partial charge in [-0.25, -0.2) is 4.39 Å². The Morgan fingerprint density at radius 1 is 0.941 bits per heavy atom. The molecule has 0 aromatic heterocycles. The third kappa shape index (κ3) is 2.65. The lowest BCUT2D eigenvalue weighted by molar-refractivity contribution is 0.631. The topological polar surface area (TPSA) is 0 Å². The maximum absolute atomic E-state index is 13.7. The van der Waals surface area contributed by atoms with Crippen LogP contribution in [0.1, 0.15) is 10.4 Å². The summed E-state index contributed by atoms with van der Waals surface area (Å²) in [5, 5.41) is 0. The summed E-state index contributed by atoms with van der Waals surface area (Å²) in [6.45, 7) is 0. The van der Waals surface area contributed by atoms with E-state index in [0.717, 1.165) is 15.6 Å². The predicted octanol–water partition coefficient (Wildman–Crippen LogP) is 5.73. The summed E-state index contributed by atoms with van der Waals surface area (Å²) in [4.78, 5) is -0.643. The van der Waals surface area contributed by atoms with Crippen molar-refractivity contribution in [2.24, 2.45) is 0 Å². The van der Waals surface area contributed by atoms with Crippen LogP contribution in [0.5, 0.6) is 0 Å². The lowest BCUT2D eigenvalue weighted by Crippen LogP contribution is -1.90. The van der Waals surface area contributed by atoms with Crippen LogP contribution in [-0.2, 0) is 0 Å². The highest BCUT2D eigenvalue weighted by molar-refractivity contribution is 9.10. The van der Waals surface area contributed by atoms with Crippen LogP contribution in [0, 0.1) is 5.82 Å². The van der Waals surface area contributed by atoms with Crippen LogP contribution in [0.2, 0.25) is 0 Å². The molecule has 0 amide bonds. The molecule has 0 fully saturated rings. The van der Waals surface area contributed by atoms with E-state index in [0.29, 0.717) is 5.56 Å². The number of benzene rings is 2. The van der Waals surface area contributed by atoms with Crippen LogP contribution in [-0.4, -0.2) is 0 Å². The molecule has 2 rings (SSSR count). The zero-order valence-corrected chi connectivity index (χ0v) is 11.7. The number of hydrogen-bond donors (Lipinski definition) is 0. The van der Waals surface area contributed by atoms with E-state index < -0.39 is 4.84 Å². The molecule has 0 N–H and O–H groups in total. The molecule has 88 valence electrons. The average molecular weight is 334 g/mol. The summed E-state index contributed by atoms with van der Waals surface area (Å²) in [5.74, 6) is -0.272. The number of rotatable bonds is 2. The normalized spacial score (nSPS) is 10.9. The van der Waals surface area contributed by atoms with Crippen molar-refractivity contribution in [3.05, 3.63) is 58.3 Å². The quantitative estimate of drug-likeness (QED) is 0.615. The highest BCUT2D eigenvalue weighted by atomic mass is 79.9. The highest BCUT2D eigenvalue weighted by Gasteiger charge is 2.14. The molecule has 17 heavy (non-hydrogen) atoms. The second-order valence-electron chi connectivity index (χ2n) is 3.49. The monoisotopic (exact) mass is 332 g/mol. The summed E-state index contributed by atoms with van der Waals surface area (Å²) < 4.78 is 14.4. The molecule has 2 aromatic carbocycles. The first-order valence-corrected chi connectivity index (χ1v) is 6.59. The molecule has 0 atom stereocenters. The average Bonchev–Trinajstić information content (AvgIpc) is 2.30. The first-order chi connectivity index (χ1) is 8.11. The van der Waals surface area contributed by atoms with Gasteiger partial charge in [0.15, 0.2) is 0 Å². The number of halogens is 4.